The Bertz CT molecular complexity index is 546. The van der Waals surface area contributed by atoms with Crippen molar-refractivity contribution in [1.29, 1.82) is 0 Å². The van der Waals surface area contributed by atoms with Crippen LogP contribution in [0.5, 0.6) is 0 Å². The van der Waals surface area contributed by atoms with Gasteiger partial charge in [-0.3, -0.25) is 9.78 Å². The molecule has 5 heteroatoms. The predicted molar refractivity (Wildman–Crippen MR) is 79.2 cm³/mol. The average Bonchev–Trinajstić information content (AvgIpc) is 2.43. The van der Waals surface area contributed by atoms with E-state index in [1.807, 2.05) is 30.3 Å². The number of pyridine rings is 1. The first-order valence-electron chi connectivity index (χ1n) is 5.92. The van der Waals surface area contributed by atoms with Crippen LogP contribution in [0.3, 0.4) is 0 Å². The van der Waals surface area contributed by atoms with Gasteiger partial charge in [-0.1, -0.05) is 6.07 Å². The zero-order valence-electron chi connectivity index (χ0n) is 10.4. The number of nitrogen functional groups attached to an aromatic ring is 1. The van der Waals surface area contributed by atoms with Gasteiger partial charge in [-0.25, -0.2) is 0 Å². The van der Waals surface area contributed by atoms with E-state index in [9.17, 15) is 4.79 Å². The van der Waals surface area contributed by atoms with Crippen LogP contribution in [-0.2, 0) is 11.2 Å². The van der Waals surface area contributed by atoms with Crippen LogP contribution in [0.4, 0.5) is 11.4 Å². The minimum atomic E-state index is 0.637. The van der Waals surface area contributed by atoms with Crippen LogP contribution in [-0.4, -0.2) is 17.1 Å². The maximum Gasteiger partial charge on any atom is 0.211 e. The number of hydrogen-bond donors (Lipinski definition) is 2. The van der Waals surface area contributed by atoms with Crippen LogP contribution in [0.1, 0.15) is 5.69 Å². The molecule has 2 rings (SSSR count). The highest BCUT2D eigenvalue weighted by atomic mass is 32.2. The lowest BCUT2D eigenvalue weighted by Crippen LogP contribution is -1.98. The first kappa shape index (κ1) is 13.4. The molecular formula is C14H15N3OS. The lowest BCUT2D eigenvalue weighted by Gasteiger charge is -2.08. The molecule has 19 heavy (non-hydrogen) atoms. The summed E-state index contributed by atoms with van der Waals surface area (Å²) in [6.07, 6.45) is 3.34. The van der Waals surface area contributed by atoms with Crippen LogP contribution >= 0.6 is 11.8 Å². The number of nitrogens with one attached hydrogen (secondary N) is 1. The van der Waals surface area contributed by atoms with Crippen molar-refractivity contribution in [2.24, 2.45) is 0 Å². The molecular weight excluding hydrogens is 258 g/mol. The average molecular weight is 273 g/mol. The Balaban J connectivity index is 1.97. The van der Waals surface area contributed by atoms with Crippen LogP contribution < -0.4 is 11.1 Å². The van der Waals surface area contributed by atoms with Crippen molar-refractivity contribution in [3.05, 3.63) is 48.3 Å². The minimum Gasteiger partial charge on any atom is -0.399 e. The lowest BCUT2D eigenvalue weighted by molar-refractivity contribution is -0.105. The normalized spacial score (nSPS) is 10.1. The molecule has 1 aromatic heterocycles. The molecule has 0 aliphatic carbocycles. The van der Waals surface area contributed by atoms with E-state index >= 15 is 0 Å². The van der Waals surface area contributed by atoms with Crippen molar-refractivity contribution >= 4 is 29.5 Å². The second-order valence-corrected chi connectivity index (χ2v) is 5.07. The summed E-state index contributed by atoms with van der Waals surface area (Å²) in [4.78, 5) is 15.9. The van der Waals surface area contributed by atoms with Gasteiger partial charge >= 0.3 is 0 Å². The molecule has 98 valence electrons. The fraction of sp³-hybridized carbons (Fsp3) is 0.143. The number of amides is 1. The van der Waals surface area contributed by atoms with Gasteiger partial charge in [0.1, 0.15) is 0 Å². The first-order chi connectivity index (χ1) is 9.29. The third-order valence-corrected chi connectivity index (χ3v) is 3.64. The number of rotatable bonds is 6. The molecule has 4 nitrogen and oxygen atoms in total. The number of carbonyl (C=O) groups is 1. The Kier molecular flexibility index (Phi) is 4.80. The molecule has 1 heterocycles. The highest BCUT2D eigenvalue weighted by Crippen LogP contribution is 2.29. The number of benzene rings is 1. The Hall–Kier alpha value is -2.01. The van der Waals surface area contributed by atoms with E-state index in [1.165, 1.54) is 0 Å². The largest absolute Gasteiger partial charge is 0.399 e. The van der Waals surface area contributed by atoms with Crippen molar-refractivity contribution in [3.8, 4) is 0 Å². The van der Waals surface area contributed by atoms with Gasteiger partial charge in [-0.2, -0.15) is 0 Å². The van der Waals surface area contributed by atoms with E-state index < -0.39 is 0 Å². The molecule has 0 radical (unpaired) electrons. The summed E-state index contributed by atoms with van der Waals surface area (Å²) in [6.45, 7) is 0. The SMILES string of the molecule is Nc1ccc(SCCc2ccccn2)c(NC=O)c1. The highest BCUT2D eigenvalue weighted by molar-refractivity contribution is 7.99. The molecule has 0 saturated carbocycles. The second-order valence-electron chi connectivity index (χ2n) is 3.94. The molecule has 1 aromatic carbocycles. The van der Waals surface area contributed by atoms with Gasteiger partial charge in [-0.05, 0) is 36.8 Å². The fourth-order valence-corrected chi connectivity index (χ4v) is 2.63. The molecule has 2 aromatic rings. The van der Waals surface area contributed by atoms with Gasteiger partial charge in [0.15, 0.2) is 0 Å². The highest BCUT2D eigenvalue weighted by Gasteiger charge is 2.03. The smallest absolute Gasteiger partial charge is 0.211 e. The fourth-order valence-electron chi connectivity index (χ4n) is 1.66. The van der Waals surface area contributed by atoms with E-state index in [-0.39, 0.29) is 0 Å². The summed E-state index contributed by atoms with van der Waals surface area (Å²) in [5.74, 6) is 0.897. The molecule has 0 atom stereocenters. The lowest BCUT2D eigenvalue weighted by atomic mass is 10.3. The van der Waals surface area contributed by atoms with E-state index in [1.54, 1.807) is 24.0 Å². The zero-order valence-corrected chi connectivity index (χ0v) is 11.2. The summed E-state index contributed by atoms with van der Waals surface area (Å²) in [5.41, 5.74) is 8.16. The van der Waals surface area contributed by atoms with Gasteiger partial charge in [0.2, 0.25) is 6.41 Å². The summed E-state index contributed by atoms with van der Waals surface area (Å²) in [7, 11) is 0. The van der Waals surface area contributed by atoms with Gasteiger partial charge in [-0.15, -0.1) is 11.8 Å². The molecule has 1 amide bonds. The van der Waals surface area contributed by atoms with Gasteiger partial charge in [0.05, 0.1) is 5.69 Å². The van der Waals surface area contributed by atoms with Crippen LogP contribution in [0.15, 0.2) is 47.5 Å². The van der Waals surface area contributed by atoms with Crippen molar-refractivity contribution < 1.29 is 4.79 Å². The Morgan fingerprint density at radius 1 is 1.32 bits per heavy atom. The minimum absolute atomic E-state index is 0.637. The summed E-state index contributed by atoms with van der Waals surface area (Å²) in [6, 6.07) is 11.4. The number of aromatic nitrogens is 1. The Labute approximate surface area is 116 Å². The number of carbonyl (C=O) groups excluding carboxylic acids is 1. The predicted octanol–water partition coefficient (Wildman–Crippen LogP) is 2.57. The standard InChI is InChI=1S/C14H15N3OS/c15-11-4-5-14(13(9-11)17-10-18)19-8-6-12-3-1-2-7-16-12/h1-5,7,9-10H,6,8,15H2,(H,17,18). The van der Waals surface area contributed by atoms with Crippen LogP contribution in [0.2, 0.25) is 0 Å². The molecule has 0 fully saturated rings. The first-order valence-corrected chi connectivity index (χ1v) is 6.90. The van der Waals surface area contributed by atoms with E-state index in [2.05, 4.69) is 10.3 Å². The van der Waals surface area contributed by atoms with E-state index in [4.69, 9.17) is 5.73 Å². The zero-order chi connectivity index (χ0) is 13.5. The molecule has 0 aliphatic heterocycles. The third kappa shape index (κ3) is 3.99. The molecule has 0 unspecified atom stereocenters. The van der Waals surface area contributed by atoms with Crippen LogP contribution in [0.25, 0.3) is 0 Å². The van der Waals surface area contributed by atoms with Crippen LogP contribution in [0, 0.1) is 0 Å². The molecule has 0 bridgehead atoms. The van der Waals surface area contributed by atoms with Gasteiger partial charge < -0.3 is 11.1 Å². The molecule has 0 saturated heterocycles. The number of nitrogens with zero attached hydrogens (tertiary/aromatic N) is 1. The number of aryl methyl sites for hydroxylation is 1. The number of nitrogens with two attached hydrogens (primary N) is 1. The summed E-state index contributed by atoms with van der Waals surface area (Å²) >= 11 is 1.67. The Morgan fingerprint density at radius 2 is 2.21 bits per heavy atom. The van der Waals surface area contributed by atoms with Crippen molar-refractivity contribution in [2.45, 2.75) is 11.3 Å². The monoisotopic (exact) mass is 273 g/mol. The maximum atomic E-state index is 10.6. The molecule has 0 spiro atoms. The molecule has 3 N–H and O–H groups in total. The maximum absolute atomic E-state index is 10.6. The topological polar surface area (TPSA) is 68.0 Å². The molecule has 0 aliphatic rings. The van der Waals surface area contributed by atoms with E-state index in [0.717, 1.165) is 28.5 Å². The second kappa shape index (κ2) is 6.80. The van der Waals surface area contributed by atoms with Crippen molar-refractivity contribution in [3.63, 3.8) is 0 Å². The summed E-state index contributed by atoms with van der Waals surface area (Å²) in [5, 5.41) is 2.67. The van der Waals surface area contributed by atoms with Crippen molar-refractivity contribution in [2.75, 3.05) is 16.8 Å². The van der Waals surface area contributed by atoms with Crippen molar-refractivity contribution in [1.82, 2.24) is 4.98 Å². The number of thioether (sulfide) groups is 1. The van der Waals surface area contributed by atoms with E-state index in [0.29, 0.717) is 12.1 Å². The number of anilines is 2. The summed E-state index contributed by atoms with van der Waals surface area (Å²) < 4.78 is 0. The third-order valence-electron chi connectivity index (χ3n) is 2.56. The van der Waals surface area contributed by atoms with Gasteiger partial charge in [0, 0.05) is 28.2 Å². The van der Waals surface area contributed by atoms with Gasteiger partial charge in [0.25, 0.3) is 0 Å². The number of hydrogen-bond acceptors (Lipinski definition) is 4. The Morgan fingerprint density at radius 3 is 2.95 bits per heavy atom. The quantitative estimate of drug-likeness (QED) is 0.482.